The molecule has 1 atom stereocenters. The van der Waals surface area contributed by atoms with Gasteiger partial charge >= 0.3 is 0 Å². The molecule has 0 heterocycles. The predicted molar refractivity (Wildman–Crippen MR) is 98.0 cm³/mol. The molecular formula is C16H21N5O3S. The Labute approximate surface area is 149 Å². The summed E-state index contributed by atoms with van der Waals surface area (Å²) in [7, 11) is 0. The van der Waals surface area contributed by atoms with Crippen LogP contribution >= 0.6 is 11.8 Å². The predicted octanol–water partition coefficient (Wildman–Crippen LogP) is 1.73. The molecule has 8 nitrogen and oxygen atoms in total. The lowest BCUT2D eigenvalue weighted by atomic mass is 10.1. The Hall–Kier alpha value is -2.55. The fraction of sp³-hybridized carbons (Fsp3) is 0.375. The zero-order valence-electron chi connectivity index (χ0n) is 13.8. The minimum Gasteiger partial charge on any atom is -0.410 e. The molecule has 1 aliphatic carbocycles. The van der Waals surface area contributed by atoms with Crippen molar-refractivity contribution in [3.63, 3.8) is 0 Å². The molecule has 1 aliphatic rings. The minimum atomic E-state index is -0.151. The Morgan fingerprint density at radius 2 is 2.12 bits per heavy atom. The van der Waals surface area contributed by atoms with Gasteiger partial charge in [0.05, 0.1) is 6.04 Å². The molecule has 1 amide bonds. The molecule has 0 fully saturated rings. The van der Waals surface area contributed by atoms with Crippen molar-refractivity contribution in [2.45, 2.75) is 25.8 Å². The van der Waals surface area contributed by atoms with Gasteiger partial charge in [0.15, 0.2) is 11.5 Å². The number of thioether (sulfide) groups is 1. The molecule has 0 bridgehead atoms. The van der Waals surface area contributed by atoms with Crippen molar-refractivity contribution < 1.29 is 15.2 Å². The minimum absolute atomic E-state index is 0.0544. The van der Waals surface area contributed by atoms with Gasteiger partial charge in [-0.2, -0.15) is 0 Å². The first-order chi connectivity index (χ1) is 12.1. The largest absolute Gasteiger partial charge is 0.410 e. The van der Waals surface area contributed by atoms with E-state index < -0.39 is 0 Å². The van der Waals surface area contributed by atoms with E-state index in [1.807, 2.05) is 24.3 Å². The summed E-state index contributed by atoms with van der Waals surface area (Å²) in [6, 6.07) is 7.89. The van der Waals surface area contributed by atoms with Gasteiger partial charge in [-0.15, -0.1) is 11.8 Å². The monoisotopic (exact) mass is 363 g/mol. The topological polar surface area (TPSA) is 130 Å². The normalized spacial score (nSPS) is 17.1. The third kappa shape index (κ3) is 4.96. The average molecular weight is 363 g/mol. The van der Waals surface area contributed by atoms with E-state index in [4.69, 9.17) is 5.41 Å². The van der Waals surface area contributed by atoms with E-state index in [1.165, 1.54) is 12.5 Å². The Kier molecular flexibility index (Phi) is 6.81. The van der Waals surface area contributed by atoms with Gasteiger partial charge in [0.2, 0.25) is 5.91 Å². The summed E-state index contributed by atoms with van der Waals surface area (Å²) in [5.74, 6) is 0.228. The summed E-state index contributed by atoms with van der Waals surface area (Å²) < 4.78 is 0. The van der Waals surface area contributed by atoms with Crippen LogP contribution in [0.5, 0.6) is 0 Å². The lowest BCUT2D eigenvalue weighted by Gasteiger charge is -2.17. The number of hydrogen-bond donors (Lipinski definition) is 5. The number of amidine groups is 1. The number of fused-ring (bicyclic) bond motifs is 1. The van der Waals surface area contributed by atoms with Crippen LogP contribution < -0.4 is 10.6 Å². The number of nitrogens with one attached hydrogen (secondary N) is 3. The summed E-state index contributed by atoms with van der Waals surface area (Å²) in [4.78, 5) is 10.8. The number of benzene rings is 1. The SMILES string of the molecule is CC(=O)NCCSC(=N)C(=N\O)/C(=N/O)NC1CCc2ccccc21. The highest BCUT2D eigenvalue weighted by Crippen LogP contribution is 2.30. The highest BCUT2D eigenvalue weighted by molar-refractivity contribution is 8.15. The lowest BCUT2D eigenvalue weighted by Crippen LogP contribution is -2.37. The molecule has 1 aromatic rings. The van der Waals surface area contributed by atoms with Crippen LogP contribution in [-0.4, -0.2) is 45.2 Å². The Balaban J connectivity index is 1.98. The Bertz CT molecular complexity index is 705. The standard InChI is InChI=1S/C16H21N5O3S/c1-10(22)18-8-9-25-15(17)14(20-23)16(21-24)19-13-7-6-11-4-2-3-5-12(11)13/h2-5,13,17,23-24H,6-9H2,1H3,(H,18,22)(H,19,21)/b17-15?,20-14+. The highest BCUT2D eigenvalue weighted by atomic mass is 32.2. The van der Waals surface area contributed by atoms with Crippen LogP contribution in [-0.2, 0) is 11.2 Å². The number of amides is 1. The van der Waals surface area contributed by atoms with Crippen molar-refractivity contribution >= 4 is 34.3 Å². The molecule has 0 aromatic heterocycles. The molecule has 2 rings (SSSR count). The zero-order chi connectivity index (χ0) is 18.2. The van der Waals surface area contributed by atoms with Gasteiger partial charge in [-0.1, -0.05) is 34.6 Å². The van der Waals surface area contributed by atoms with E-state index >= 15 is 0 Å². The number of rotatable bonds is 6. The van der Waals surface area contributed by atoms with Gasteiger partial charge in [0.25, 0.3) is 0 Å². The molecule has 0 saturated heterocycles. The molecule has 0 saturated carbocycles. The van der Waals surface area contributed by atoms with Gasteiger partial charge in [-0.25, -0.2) is 0 Å². The molecule has 0 radical (unpaired) electrons. The third-order valence-electron chi connectivity index (χ3n) is 3.81. The molecular weight excluding hydrogens is 342 g/mol. The van der Waals surface area contributed by atoms with Crippen LogP contribution in [0, 0.1) is 5.41 Å². The molecule has 1 unspecified atom stereocenters. The van der Waals surface area contributed by atoms with E-state index in [1.54, 1.807) is 0 Å². The van der Waals surface area contributed by atoms with Crippen LogP contribution in [0.4, 0.5) is 0 Å². The van der Waals surface area contributed by atoms with Crippen molar-refractivity contribution in [1.29, 1.82) is 5.41 Å². The lowest BCUT2D eigenvalue weighted by molar-refractivity contribution is -0.118. The summed E-state index contributed by atoms with van der Waals surface area (Å²) in [6.07, 6.45) is 1.72. The van der Waals surface area contributed by atoms with Crippen LogP contribution in [0.25, 0.3) is 0 Å². The first-order valence-corrected chi connectivity index (χ1v) is 8.80. The smallest absolute Gasteiger partial charge is 0.216 e. The van der Waals surface area contributed by atoms with E-state index in [0.29, 0.717) is 12.3 Å². The van der Waals surface area contributed by atoms with Crippen molar-refractivity contribution in [2.24, 2.45) is 10.3 Å². The molecule has 134 valence electrons. The fourth-order valence-electron chi connectivity index (χ4n) is 2.67. The second-order valence-electron chi connectivity index (χ2n) is 5.49. The number of oxime groups is 2. The maximum Gasteiger partial charge on any atom is 0.216 e. The maximum atomic E-state index is 10.8. The summed E-state index contributed by atoms with van der Waals surface area (Å²) in [5.41, 5.74) is 2.19. The average Bonchev–Trinajstić information content (AvgIpc) is 3.01. The molecule has 0 aliphatic heterocycles. The van der Waals surface area contributed by atoms with Crippen molar-refractivity contribution in [3.8, 4) is 0 Å². The Morgan fingerprint density at radius 3 is 2.80 bits per heavy atom. The van der Waals surface area contributed by atoms with Gasteiger partial charge in [0, 0.05) is 19.2 Å². The van der Waals surface area contributed by atoms with E-state index in [2.05, 4.69) is 20.9 Å². The summed E-state index contributed by atoms with van der Waals surface area (Å²) in [5, 5.41) is 38.4. The van der Waals surface area contributed by atoms with Crippen molar-refractivity contribution in [1.82, 2.24) is 10.6 Å². The second kappa shape index (κ2) is 9.07. The van der Waals surface area contributed by atoms with Crippen LogP contribution in [0.2, 0.25) is 0 Å². The second-order valence-corrected chi connectivity index (χ2v) is 6.60. The molecule has 1 aromatic carbocycles. The van der Waals surface area contributed by atoms with Crippen LogP contribution in [0.15, 0.2) is 34.6 Å². The zero-order valence-corrected chi connectivity index (χ0v) is 14.6. The van der Waals surface area contributed by atoms with Crippen molar-refractivity contribution in [2.75, 3.05) is 12.3 Å². The number of carbonyl (C=O) groups excluding carboxylic acids is 1. The molecule has 9 heteroatoms. The van der Waals surface area contributed by atoms with E-state index in [9.17, 15) is 15.2 Å². The number of carbonyl (C=O) groups is 1. The molecule has 5 N–H and O–H groups in total. The van der Waals surface area contributed by atoms with Crippen LogP contribution in [0.1, 0.15) is 30.5 Å². The summed E-state index contributed by atoms with van der Waals surface area (Å²) >= 11 is 1.08. The first kappa shape index (κ1) is 18.8. The molecule has 25 heavy (non-hydrogen) atoms. The van der Waals surface area contributed by atoms with Crippen LogP contribution in [0.3, 0.4) is 0 Å². The number of nitrogens with zero attached hydrogens (tertiary/aromatic N) is 2. The van der Waals surface area contributed by atoms with Gasteiger partial charge in [0.1, 0.15) is 5.04 Å². The van der Waals surface area contributed by atoms with Gasteiger partial charge in [-0.3, -0.25) is 10.2 Å². The maximum absolute atomic E-state index is 10.8. The van der Waals surface area contributed by atoms with E-state index in [0.717, 1.165) is 30.2 Å². The number of hydrogen-bond acceptors (Lipinski definition) is 7. The van der Waals surface area contributed by atoms with Gasteiger partial charge < -0.3 is 21.0 Å². The highest BCUT2D eigenvalue weighted by Gasteiger charge is 2.26. The Morgan fingerprint density at radius 1 is 1.36 bits per heavy atom. The fourth-order valence-corrected chi connectivity index (χ4v) is 3.35. The van der Waals surface area contributed by atoms with Crippen molar-refractivity contribution in [3.05, 3.63) is 35.4 Å². The molecule has 0 spiro atoms. The number of aryl methyl sites for hydroxylation is 1. The third-order valence-corrected chi connectivity index (χ3v) is 4.70. The van der Waals surface area contributed by atoms with Gasteiger partial charge in [-0.05, 0) is 24.0 Å². The quantitative estimate of drug-likeness (QED) is 0.173. The first-order valence-electron chi connectivity index (χ1n) is 7.81. The van der Waals surface area contributed by atoms with E-state index in [-0.39, 0.29) is 28.5 Å². The summed E-state index contributed by atoms with van der Waals surface area (Å²) in [6.45, 7) is 1.80.